The van der Waals surface area contributed by atoms with Crippen LogP contribution in [0.15, 0.2) is 41.5 Å². The molecule has 0 spiro atoms. The second-order valence-corrected chi connectivity index (χ2v) is 7.23. The van der Waals surface area contributed by atoms with E-state index in [2.05, 4.69) is 25.5 Å². The van der Waals surface area contributed by atoms with Gasteiger partial charge in [-0.1, -0.05) is 6.07 Å². The molecule has 0 radical (unpaired) electrons. The lowest BCUT2D eigenvalue weighted by atomic mass is 10.1. The zero-order chi connectivity index (χ0) is 22.4. The predicted octanol–water partition coefficient (Wildman–Crippen LogP) is 3.33. The molecular formula is C21H25F4N5O. The summed E-state index contributed by atoms with van der Waals surface area (Å²) >= 11 is 0. The molecule has 0 saturated carbocycles. The first-order chi connectivity index (χ1) is 14.8. The summed E-state index contributed by atoms with van der Waals surface area (Å²) in [4.78, 5) is 10.6. The van der Waals surface area contributed by atoms with Crippen LogP contribution in [-0.4, -0.2) is 43.8 Å². The number of ether oxygens (including phenoxy) is 1. The fourth-order valence-corrected chi connectivity index (χ4v) is 3.32. The minimum absolute atomic E-state index is 0.0653. The van der Waals surface area contributed by atoms with Crippen LogP contribution >= 0.6 is 0 Å². The number of alkyl halides is 3. The molecule has 1 aromatic heterocycles. The number of hydrogen-bond acceptors (Lipinski definition) is 4. The van der Waals surface area contributed by atoms with Gasteiger partial charge in [-0.25, -0.2) is 9.37 Å². The van der Waals surface area contributed by atoms with Gasteiger partial charge in [-0.3, -0.25) is 4.99 Å². The lowest BCUT2D eigenvalue weighted by Gasteiger charge is -2.32. The number of anilines is 1. The maximum absolute atomic E-state index is 13.3. The Labute approximate surface area is 178 Å². The van der Waals surface area contributed by atoms with E-state index in [0.717, 1.165) is 36.6 Å². The molecule has 2 heterocycles. The zero-order valence-corrected chi connectivity index (χ0v) is 17.3. The molecule has 1 atom stereocenters. The summed E-state index contributed by atoms with van der Waals surface area (Å²) in [6.45, 7) is 4.43. The van der Waals surface area contributed by atoms with Crippen molar-refractivity contribution in [1.29, 1.82) is 0 Å². The fraction of sp³-hybridized carbons (Fsp3) is 0.429. The third-order valence-electron chi connectivity index (χ3n) is 4.88. The molecule has 3 rings (SSSR count). The number of pyridine rings is 1. The Morgan fingerprint density at radius 3 is 2.71 bits per heavy atom. The van der Waals surface area contributed by atoms with Crippen molar-refractivity contribution in [1.82, 2.24) is 15.6 Å². The summed E-state index contributed by atoms with van der Waals surface area (Å²) in [7, 11) is 1.53. The number of aliphatic imine (C=N–C) groups is 1. The van der Waals surface area contributed by atoms with E-state index in [0.29, 0.717) is 25.2 Å². The van der Waals surface area contributed by atoms with E-state index in [-0.39, 0.29) is 18.2 Å². The number of nitrogens with one attached hydrogen (secondary N) is 2. The second-order valence-electron chi connectivity index (χ2n) is 7.23. The standard InChI is InChI=1S/C21H25F4N5O/c1-14-13-30(7-8-31-14)19-9-15(5-6-27-19)11-28-20(26-2)29-12-16-3-4-17(22)10-18(16)21(23,24)25/h3-6,9-10,14H,7-8,11-13H2,1-2H3,(H2,26,28,29). The highest BCUT2D eigenvalue weighted by Crippen LogP contribution is 2.32. The summed E-state index contributed by atoms with van der Waals surface area (Å²) in [5, 5.41) is 5.92. The van der Waals surface area contributed by atoms with Gasteiger partial charge in [-0.05, 0) is 42.3 Å². The molecule has 1 aliphatic heterocycles. The molecule has 31 heavy (non-hydrogen) atoms. The van der Waals surface area contributed by atoms with Crippen molar-refractivity contribution in [3.8, 4) is 0 Å². The Morgan fingerprint density at radius 1 is 1.23 bits per heavy atom. The third kappa shape index (κ3) is 6.30. The second kappa shape index (κ2) is 9.95. The SMILES string of the molecule is CN=C(NCc1ccnc(N2CCOC(C)C2)c1)NCc1ccc(F)cc1C(F)(F)F. The summed E-state index contributed by atoms with van der Waals surface area (Å²) in [6, 6.07) is 6.44. The number of aromatic nitrogens is 1. The molecule has 1 aromatic carbocycles. The number of guanidine groups is 1. The van der Waals surface area contributed by atoms with Crippen LogP contribution in [0.2, 0.25) is 0 Å². The molecule has 0 aliphatic carbocycles. The molecule has 1 aliphatic rings. The Hall–Kier alpha value is -2.88. The lowest BCUT2D eigenvalue weighted by molar-refractivity contribution is -0.138. The topological polar surface area (TPSA) is 61.8 Å². The van der Waals surface area contributed by atoms with E-state index in [1.807, 2.05) is 19.1 Å². The number of rotatable bonds is 5. The van der Waals surface area contributed by atoms with Crippen LogP contribution in [-0.2, 0) is 24.0 Å². The maximum Gasteiger partial charge on any atom is 0.416 e. The summed E-state index contributed by atoms with van der Waals surface area (Å²) in [6.07, 6.45) is -2.79. The number of morpholine rings is 1. The maximum atomic E-state index is 13.3. The lowest BCUT2D eigenvalue weighted by Crippen LogP contribution is -2.41. The number of benzene rings is 1. The van der Waals surface area contributed by atoms with Gasteiger partial charge in [0.05, 0.1) is 18.3 Å². The van der Waals surface area contributed by atoms with E-state index in [1.165, 1.54) is 7.05 Å². The molecule has 1 unspecified atom stereocenters. The highest BCUT2D eigenvalue weighted by atomic mass is 19.4. The zero-order valence-electron chi connectivity index (χ0n) is 17.3. The number of halogens is 4. The summed E-state index contributed by atoms with van der Waals surface area (Å²) < 4.78 is 58.3. The van der Waals surface area contributed by atoms with E-state index in [4.69, 9.17) is 4.74 Å². The number of nitrogens with zero attached hydrogens (tertiary/aromatic N) is 3. The van der Waals surface area contributed by atoms with Crippen LogP contribution in [0, 0.1) is 5.82 Å². The molecule has 1 fully saturated rings. The van der Waals surface area contributed by atoms with Gasteiger partial charge in [-0.2, -0.15) is 13.2 Å². The van der Waals surface area contributed by atoms with Gasteiger partial charge >= 0.3 is 6.18 Å². The average molecular weight is 439 g/mol. The third-order valence-corrected chi connectivity index (χ3v) is 4.88. The minimum atomic E-state index is -4.64. The van der Waals surface area contributed by atoms with Crippen LogP contribution in [0.5, 0.6) is 0 Å². The Morgan fingerprint density at radius 2 is 2.00 bits per heavy atom. The fourth-order valence-electron chi connectivity index (χ4n) is 3.32. The van der Waals surface area contributed by atoms with Gasteiger partial charge < -0.3 is 20.3 Å². The van der Waals surface area contributed by atoms with Crippen LogP contribution < -0.4 is 15.5 Å². The van der Waals surface area contributed by atoms with Crippen molar-refractivity contribution in [3.05, 3.63) is 59.0 Å². The van der Waals surface area contributed by atoms with Crippen molar-refractivity contribution in [3.63, 3.8) is 0 Å². The first kappa shape index (κ1) is 22.8. The summed E-state index contributed by atoms with van der Waals surface area (Å²) in [5.41, 5.74) is -0.122. The van der Waals surface area contributed by atoms with Crippen molar-refractivity contribution in [2.75, 3.05) is 31.6 Å². The molecule has 2 N–H and O–H groups in total. The van der Waals surface area contributed by atoms with Crippen molar-refractivity contribution in [2.45, 2.75) is 32.3 Å². The smallest absolute Gasteiger partial charge is 0.375 e. The Balaban J connectivity index is 1.60. The van der Waals surface area contributed by atoms with Crippen molar-refractivity contribution < 1.29 is 22.3 Å². The van der Waals surface area contributed by atoms with Gasteiger partial charge in [-0.15, -0.1) is 0 Å². The minimum Gasteiger partial charge on any atom is -0.375 e. The Bertz CT molecular complexity index is 919. The molecule has 2 aromatic rings. The van der Waals surface area contributed by atoms with Crippen molar-refractivity contribution in [2.24, 2.45) is 4.99 Å². The van der Waals surface area contributed by atoms with Gasteiger partial charge in [0.15, 0.2) is 5.96 Å². The largest absolute Gasteiger partial charge is 0.416 e. The van der Waals surface area contributed by atoms with Crippen LogP contribution in [0.25, 0.3) is 0 Å². The van der Waals surface area contributed by atoms with E-state index in [1.54, 1.807) is 6.20 Å². The molecular weight excluding hydrogens is 414 g/mol. The van der Waals surface area contributed by atoms with E-state index in [9.17, 15) is 17.6 Å². The van der Waals surface area contributed by atoms with E-state index < -0.39 is 17.6 Å². The van der Waals surface area contributed by atoms with Gasteiger partial charge in [0, 0.05) is 39.4 Å². The Kier molecular flexibility index (Phi) is 7.32. The molecule has 0 bridgehead atoms. The molecule has 6 nitrogen and oxygen atoms in total. The van der Waals surface area contributed by atoms with Gasteiger partial charge in [0.2, 0.25) is 0 Å². The quantitative estimate of drug-likeness (QED) is 0.425. The number of hydrogen-bond donors (Lipinski definition) is 2. The van der Waals surface area contributed by atoms with Crippen LogP contribution in [0.3, 0.4) is 0 Å². The molecule has 10 heteroatoms. The molecule has 0 amide bonds. The predicted molar refractivity (Wildman–Crippen MR) is 110 cm³/mol. The monoisotopic (exact) mass is 439 g/mol. The average Bonchev–Trinajstić information content (AvgIpc) is 2.74. The van der Waals surface area contributed by atoms with Gasteiger partial charge in [0.25, 0.3) is 0 Å². The normalized spacial score (nSPS) is 17.5. The molecule has 168 valence electrons. The molecule has 1 saturated heterocycles. The van der Waals surface area contributed by atoms with Crippen LogP contribution in [0.1, 0.15) is 23.6 Å². The van der Waals surface area contributed by atoms with Gasteiger partial charge in [0.1, 0.15) is 11.6 Å². The van der Waals surface area contributed by atoms with Crippen molar-refractivity contribution >= 4 is 11.8 Å². The first-order valence-electron chi connectivity index (χ1n) is 9.88. The van der Waals surface area contributed by atoms with Crippen LogP contribution in [0.4, 0.5) is 23.4 Å². The summed E-state index contributed by atoms with van der Waals surface area (Å²) in [5.74, 6) is 0.246. The van der Waals surface area contributed by atoms with E-state index >= 15 is 0 Å². The highest BCUT2D eigenvalue weighted by Gasteiger charge is 2.33. The highest BCUT2D eigenvalue weighted by molar-refractivity contribution is 5.79. The first-order valence-corrected chi connectivity index (χ1v) is 9.88.